The molecule has 0 unspecified atom stereocenters. The number of anilines is 1. The van der Waals surface area contributed by atoms with E-state index >= 15 is 0 Å². The highest BCUT2D eigenvalue weighted by atomic mass is 32.2. The molecule has 3 aromatic rings. The number of rotatable bonds is 10. The number of para-hydroxylation sites is 1. The van der Waals surface area contributed by atoms with Crippen LogP contribution >= 0.6 is 11.3 Å². The van der Waals surface area contributed by atoms with Crippen molar-refractivity contribution >= 4 is 42.4 Å². The topological polar surface area (TPSA) is 79.8 Å². The first-order chi connectivity index (χ1) is 14.8. The molecule has 0 saturated carbocycles. The Morgan fingerprint density at radius 1 is 1.06 bits per heavy atom. The lowest BCUT2D eigenvalue weighted by Gasteiger charge is -2.22. The van der Waals surface area contributed by atoms with Gasteiger partial charge in [-0.1, -0.05) is 23.5 Å². The molecule has 7 nitrogen and oxygen atoms in total. The van der Waals surface area contributed by atoms with E-state index in [1.54, 1.807) is 17.0 Å². The third-order valence-corrected chi connectivity index (χ3v) is 7.68. The minimum atomic E-state index is -3.47. The van der Waals surface area contributed by atoms with Gasteiger partial charge in [-0.3, -0.25) is 9.69 Å². The molecule has 0 saturated heterocycles. The summed E-state index contributed by atoms with van der Waals surface area (Å²) in [7, 11) is 1.96. The standard InChI is InChI=1S/C22H27N3O4S2/c1-24(2)14-15-25(22-23-19-7-4-5-8-20(19)30-22)21(26)9-6-16-31(27,28)18-12-10-17(29-3)11-13-18/h4-5,7-8,10-13H,6,9,14-16H2,1-3H3. The quantitative estimate of drug-likeness (QED) is 0.460. The number of fused-ring (bicyclic) bond motifs is 1. The Balaban J connectivity index is 1.68. The molecular formula is C22H27N3O4S2. The molecule has 0 fully saturated rings. The van der Waals surface area contributed by atoms with Crippen LogP contribution in [0.15, 0.2) is 53.4 Å². The fourth-order valence-electron chi connectivity index (χ4n) is 3.05. The van der Waals surface area contributed by atoms with Crippen molar-refractivity contribution in [2.75, 3.05) is 44.9 Å². The number of carbonyl (C=O) groups is 1. The Kier molecular flexibility index (Phi) is 7.64. The molecular weight excluding hydrogens is 434 g/mol. The van der Waals surface area contributed by atoms with Crippen molar-refractivity contribution in [1.82, 2.24) is 9.88 Å². The molecule has 2 aromatic carbocycles. The molecule has 3 rings (SSSR count). The predicted molar refractivity (Wildman–Crippen MR) is 125 cm³/mol. The summed E-state index contributed by atoms with van der Waals surface area (Å²) < 4.78 is 31.3. The lowest BCUT2D eigenvalue weighted by Crippen LogP contribution is -2.36. The number of carbonyl (C=O) groups excluding carboxylic acids is 1. The van der Waals surface area contributed by atoms with E-state index in [1.807, 2.05) is 43.3 Å². The number of hydrogen-bond acceptors (Lipinski definition) is 7. The average Bonchev–Trinajstić information content (AvgIpc) is 3.17. The average molecular weight is 462 g/mol. The van der Waals surface area contributed by atoms with Crippen LogP contribution in [0.1, 0.15) is 12.8 Å². The predicted octanol–water partition coefficient (Wildman–Crippen LogP) is 3.45. The van der Waals surface area contributed by atoms with Crippen LogP contribution < -0.4 is 9.64 Å². The van der Waals surface area contributed by atoms with E-state index in [1.165, 1.54) is 30.6 Å². The molecule has 31 heavy (non-hydrogen) atoms. The maximum absolute atomic E-state index is 13.0. The lowest BCUT2D eigenvalue weighted by molar-refractivity contribution is -0.118. The number of thiazole rings is 1. The number of likely N-dealkylation sites (N-methyl/N-ethyl adjacent to an activating group) is 1. The minimum Gasteiger partial charge on any atom is -0.497 e. The molecule has 0 bridgehead atoms. The van der Waals surface area contributed by atoms with Crippen LogP contribution in [-0.2, 0) is 14.6 Å². The van der Waals surface area contributed by atoms with Crippen LogP contribution in [0.25, 0.3) is 10.2 Å². The Labute approximate surface area is 187 Å². The van der Waals surface area contributed by atoms with Crippen molar-refractivity contribution in [3.63, 3.8) is 0 Å². The molecule has 0 N–H and O–H groups in total. The summed E-state index contributed by atoms with van der Waals surface area (Å²) in [5.41, 5.74) is 0.854. The monoisotopic (exact) mass is 461 g/mol. The molecule has 166 valence electrons. The highest BCUT2D eigenvalue weighted by Gasteiger charge is 2.21. The fourth-order valence-corrected chi connectivity index (χ4v) is 5.37. The number of methoxy groups -OCH3 is 1. The van der Waals surface area contributed by atoms with Crippen molar-refractivity contribution in [3.8, 4) is 5.75 Å². The number of ether oxygens (including phenoxy) is 1. The number of benzene rings is 2. The van der Waals surface area contributed by atoms with E-state index in [4.69, 9.17) is 4.74 Å². The third-order valence-electron chi connectivity index (χ3n) is 4.81. The minimum absolute atomic E-state index is 0.0908. The number of amides is 1. The van der Waals surface area contributed by atoms with Gasteiger partial charge in [-0.25, -0.2) is 13.4 Å². The van der Waals surface area contributed by atoms with E-state index in [2.05, 4.69) is 4.98 Å². The van der Waals surface area contributed by atoms with E-state index < -0.39 is 9.84 Å². The second-order valence-electron chi connectivity index (χ2n) is 7.41. The van der Waals surface area contributed by atoms with Crippen molar-refractivity contribution in [2.45, 2.75) is 17.7 Å². The van der Waals surface area contributed by atoms with Gasteiger partial charge in [0.05, 0.1) is 28.0 Å². The number of sulfone groups is 1. The molecule has 0 aliphatic rings. The Hall–Kier alpha value is -2.49. The highest BCUT2D eigenvalue weighted by molar-refractivity contribution is 7.91. The fraction of sp³-hybridized carbons (Fsp3) is 0.364. The highest BCUT2D eigenvalue weighted by Crippen LogP contribution is 2.29. The number of aromatic nitrogens is 1. The van der Waals surface area contributed by atoms with Crippen LogP contribution in [0, 0.1) is 0 Å². The Morgan fingerprint density at radius 2 is 1.77 bits per heavy atom. The van der Waals surface area contributed by atoms with Crippen LogP contribution in [0.3, 0.4) is 0 Å². The zero-order valence-electron chi connectivity index (χ0n) is 17.9. The van der Waals surface area contributed by atoms with E-state index in [-0.39, 0.29) is 29.4 Å². The molecule has 1 heterocycles. The Bertz CT molecular complexity index is 1090. The first kappa shape index (κ1) is 23.2. The molecule has 1 aromatic heterocycles. The molecule has 1 amide bonds. The molecule has 0 aliphatic carbocycles. The molecule has 0 atom stereocenters. The maximum atomic E-state index is 13.0. The van der Waals surface area contributed by atoms with Crippen LogP contribution in [0.4, 0.5) is 5.13 Å². The summed E-state index contributed by atoms with van der Waals surface area (Å²) in [6.45, 7) is 1.18. The van der Waals surface area contributed by atoms with E-state index in [9.17, 15) is 13.2 Å². The SMILES string of the molecule is COc1ccc(S(=O)(=O)CCCC(=O)N(CCN(C)C)c2nc3ccccc3s2)cc1. The summed E-state index contributed by atoms with van der Waals surface area (Å²) in [4.78, 5) is 21.5. The van der Waals surface area contributed by atoms with Gasteiger partial charge in [-0.15, -0.1) is 0 Å². The summed E-state index contributed by atoms with van der Waals surface area (Å²) in [6.07, 6.45) is 0.384. The first-order valence-corrected chi connectivity index (χ1v) is 12.4. The van der Waals surface area contributed by atoms with Crippen LogP contribution in [0.2, 0.25) is 0 Å². The second-order valence-corrected chi connectivity index (χ2v) is 10.5. The maximum Gasteiger partial charge on any atom is 0.228 e. The molecule has 0 radical (unpaired) electrons. The van der Waals surface area contributed by atoms with Crippen LogP contribution in [-0.4, -0.2) is 64.3 Å². The zero-order valence-corrected chi connectivity index (χ0v) is 19.6. The van der Waals surface area contributed by atoms with Gasteiger partial charge in [-0.05, 0) is 56.9 Å². The van der Waals surface area contributed by atoms with Crippen molar-refractivity contribution in [1.29, 1.82) is 0 Å². The molecule has 9 heteroatoms. The Morgan fingerprint density at radius 3 is 2.42 bits per heavy atom. The summed E-state index contributed by atoms with van der Waals surface area (Å²) in [6, 6.07) is 14.1. The smallest absolute Gasteiger partial charge is 0.228 e. The summed E-state index contributed by atoms with van der Waals surface area (Å²) >= 11 is 1.47. The van der Waals surface area contributed by atoms with Gasteiger partial charge in [0.1, 0.15) is 5.75 Å². The van der Waals surface area contributed by atoms with Crippen molar-refractivity contribution < 1.29 is 17.9 Å². The third kappa shape index (κ3) is 6.03. The molecule has 0 spiro atoms. The zero-order chi connectivity index (χ0) is 22.4. The normalized spacial score (nSPS) is 11.7. The lowest BCUT2D eigenvalue weighted by atomic mass is 10.3. The summed E-state index contributed by atoms with van der Waals surface area (Å²) in [5.74, 6) is 0.388. The van der Waals surface area contributed by atoms with Gasteiger partial charge in [0.2, 0.25) is 5.91 Å². The molecule has 0 aliphatic heterocycles. The largest absolute Gasteiger partial charge is 0.497 e. The van der Waals surface area contributed by atoms with Crippen molar-refractivity contribution in [2.24, 2.45) is 0 Å². The van der Waals surface area contributed by atoms with E-state index in [0.717, 1.165) is 10.2 Å². The first-order valence-electron chi connectivity index (χ1n) is 9.97. The second kappa shape index (κ2) is 10.2. The summed E-state index contributed by atoms with van der Waals surface area (Å²) in [5, 5.41) is 0.645. The number of hydrogen-bond donors (Lipinski definition) is 0. The van der Waals surface area contributed by atoms with Gasteiger partial charge in [-0.2, -0.15) is 0 Å². The number of nitrogens with zero attached hydrogens (tertiary/aromatic N) is 3. The van der Waals surface area contributed by atoms with E-state index in [0.29, 0.717) is 24.0 Å². The van der Waals surface area contributed by atoms with Gasteiger partial charge >= 0.3 is 0 Å². The van der Waals surface area contributed by atoms with Gasteiger partial charge < -0.3 is 9.64 Å². The van der Waals surface area contributed by atoms with Gasteiger partial charge in [0, 0.05) is 19.5 Å². The van der Waals surface area contributed by atoms with Crippen molar-refractivity contribution in [3.05, 3.63) is 48.5 Å². The van der Waals surface area contributed by atoms with Gasteiger partial charge in [0.15, 0.2) is 15.0 Å². The van der Waals surface area contributed by atoms with Gasteiger partial charge in [0.25, 0.3) is 0 Å². The van der Waals surface area contributed by atoms with Crippen LogP contribution in [0.5, 0.6) is 5.75 Å².